The molecule has 0 spiro atoms. The van der Waals surface area contributed by atoms with Gasteiger partial charge in [-0.15, -0.1) is 0 Å². The highest BCUT2D eigenvalue weighted by Crippen LogP contribution is 2.56. The number of hydrogen-bond acceptors (Lipinski definition) is 5. The molecule has 1 aliphatic rings. The van der Waals surface area contributed by atoms with E-state index in [1.54, 1.807) is 0 Å². The van der Waals surface area contributed by atoms with E-state index < -0.39 is 10.8 Å². The summed E-state index contributed by atoms with van der Waals surface area (Å²) >= 11 is 0. The molecular weight excluding hydrogens is 608 g/mol. The molecule has 49 heavy (non-hydrogen) atoms. The van der Waals surface area contributed by atoms with Crippen LogP contribution in [0.3, 0.4) is 0 Å². The van der Waals surface area contributed by atoms with Crippen LogP contribution in [-0.2, 0) is 19.7 Å². The van der Waals surface area contributed by atoms with Crippen LogP contribution in [-0.4, -0.2) is 38.0 Å². The topological polar surface area (TPSA) is 54.0 Å². The quantitative estimate of drug-likeness (QED) is 0.0690. The molecule has 5 heteroatoms. The molecule has 0 heterocycles. The number of hydrogen-bond donors (Lipinski definition) is 0. The first-order valence-corrected chi connectivity index (χ1v) is 18.2. The van der Waals surface area contributed by atoms with Crippen molar-refractivity contribution in [2.24, 2.45) is 5.41 Å². The lowest BCUT2D eigenvalue weighted by Gasteiger charge is -2.34. The first kappa shape index (κ1) is 36.2. The summed E-state index contributed by atoms with van der Waals surface area (Å²) in [6, 6.07) is 34.3. The molecule has 4 aromatic rings. The maximum Gasteiger partial charge on any atom is 0.311 e. The largest absolute Gasteiger partial charge is 0.491 e. The number of carbonyl (C=O) groups excluding carboxylic acids is 1. The Labute approximate surface area is 294 Å². The van der Waals surface area contributed by atoms with E-state index in [0.717, 1.165) is 55.6 Å². The van der Waals surface area contributed by atoms with Crippen molar-refractivity contribution in [3.8, 4) is 22.6 Å². The van der Waals surface area contributed by atoms with Crippen LogP contribution in [0.5, 0.6) is 11.5 Å². The van der Waals surface area contributed by atoms with Gasteiger partial charge in [0.2, 0.25) is 0 Å². The van der Waals surface area contributed by atoms with Gasteiger partial charge < -0.3 is 18.9 Å². The minimum absolute atomic E-state index is 0.136. The minimum atomic E-state index is -0.518. The van der Waals surface area contributed by atoms with Crippen LogP contribution in [0.4, 0.5) is 0 Å². The van der Waals surface area contributed by atoms with E-state index >= 15 is 0 Å². The molecule has 0 radical (unpaired) electrons. The molecule has 5 nitrogen and oxygen atoms in total. The van der Waals surface area contributed by atoms with E-state index in [2.05, 4.69) is 120 Å². The summed E-state index contributed by atoms with van der Waals surface area (Å²) in [5.74, 6) is 1.43. The highest BCUT2D eigenvalue weighted by molar-refractivity contribution is 5.86. The number of rotatable bonds is 18. The van der Waals surface area contributed by atoms with Gasteiger partial charge in [-0.05, 0) is 97.7 Å². The van der Waals surface area contributed by atoms with Gasteiger partial charge in [-0.25, -0.2) is 0 Å². The van der Waals surface area contributed by atoms with Crippen molar-refractivity contribution in [2.45, 2.75) is 91.1 Å². The fourth-order valence-corrected chi connectivity index (χ4v) is 7.24. The van der Waals surface area contributed by atoms with Gasteiger partial charge in [0.25, 0.3) is 0 Å². The Kier molecular flexibility index (Phi) is 11.9. The van der Waals surface area contributed by atoms with E-state index in [9.17, 15) is 4.79 Å². The highest BCUT2D eigenvalue weighted by Gasteiger charge is 2.45. The second kappa shape index (κ2) is 16.1. The third-order valence-electron chi connectivity index (χ3n) is 10.2. The second-order valence-electron chi connectivity index (χ2n) is 14.1. The van der Waals surface area contributed by atoms with Crippen LogP contribution < -0.4 is 9.47 Å². The molecule has 0 aliphatic heterocycles. The van der Waals surface area contributed by atoms with Crippen LogP contribution >= 0.6 is 0 Å². The summed E-state index contributed by atoms with van der Waals surface area (Å²) in [6.45, 7) is 14.2. The van der Waals surface area contributed by atoms with Crippen LogP contribution in [0, 0.1) is 5.41 Å². The predicted molar refractivity (Wildman–Crippen MR) is 199 cm³/mol. The van der Waals surface area contributed by atoms with Crippen molar-refractivity contribution in [3.05, 3.63) is 119 Å². The highest BCUT2D eigenvalue weighted by atomic mass is 16.6. The number of carbonyl (C=O) groups is 1. The molecule has 1 atom stereocenters. The monoisotopic (exact) mass is 662 g/mol. The van der Waals surface area contributed by atoms with Gasteiger partial charge >= 0.3 is 5.97 Å². The Hall–Kier alpha value is -4.09. The molecule has 0 saturated heterocycles. The number of unbranched alkanes of at least 4 members (excludes halogenated alkanes) is 1. The number of ether oxygens (including phenoxy) is 4. The standard InChI is InChI=1S/C44H54O5/c1-7-10-28-43(6,9-3)41(45)48-30-29-46-35-23-19-33(20-24-35)44(39-17-13-11-15-37(39)38-16-12-14-18-40(38)44)34-21-25-36(26-22-34)47-31-32-49-42(4,5)27-8-2/h11-26H,7-10,27-32H2,1-6H3. The normalized spacial score (nSPS) is 14.4. The van der Waals surface area contributed by atoms with E-state index in [-0.39, 0.29) is 18.2 Å². The van der Waals surface area contributed by atoms with Crippen LogP contribution in [0.1, 0.15) is 102 Å². The zero-order valence-corrected chi connectivity index (χ0v) is 30.3. The van der Waals surface area contributed by atoms with Gasteiger partial charge in [-0.2, -0.15) is 0 Å². The number of fused-ring (bicyclic) bond motifs is 3. The van der Waals surface area contributed by atoms with Crippen molar-refractivity contribution in [3.63, 3.8) is 0 Å². The molecule has 1 unspecified atom stereocenters. The van der Waals surface area contributed by atoms with Gasteiger partial charge in [0, 0.05) is 0 Å². The van der Waals surface area contributed by atoms with Gasteiger partial charge in [0.1, 0.15) is 31.3 Å². The SMILES string of the molecule is CCCCC(C)(CC)C(=O)OCCOc1ccc(C2(c3ccc(OCCOC(C)(C)CCC)cc3)c3ccccc3-c3ccccc32)cc1. The Morgan fingerprint density at radius 3 is 1.61 bits per heavy atom. The molecule has 5 rings (SSSR count). The molecule has 0 N–H and O–H groups in total. The van der Waals surface area contributed by atoms with Crippen molar-refractivity contribution in [1.82, 2.24) is 0 Å². The van der Waals surface area contributed by atoms with Crippen LogP contribution in [0.15, 0.2) is 97.1 Å². The molecule has 0 saturated carbocycles. The first-order valence-electron chi connectivity index (χ1n) is 18.2. The average Bonchev–Trinajstić information content (AvgIpc) is 3.42. The van der Waals surface area contributed by atoms with E-state index in [0.29, 0.717) is 19.8 Å². The van der Waals surface area contributed by atoms with Crippen molar-refractivity contribution >= 4 is 5.97 Å². The third-order valence-corrected chi connectivity index (χ3v) is 10.2. The maximum absolute atomic E-state index is 12.8. The van der Waals surface area contributed by atoms with E-state index in [1.165, 1.54) is 27.8 Å². The average molecular weight is 663 g/mol. The van der Waals surface area contributed by atoms with Crippen molar-refractivity contribution in [1.29, 1.82) is 0 Å². The number of esters is 1. The van der Waals surface area contributed by atoms with Crippen LogP contribution in [0.25, 0.3) is 11.1 Å². The predicted octanol–water partition coefficient (Wildman–Crippen LogP) is 10.6. The smallest absolute Gasteiger partial charge is 0.311 e. The first-order chi connectivity index (χ1) is 23.7. The summed E-state index contributed by atoms with van der Waals surface area (Å²) in [4.78, 5) is 12.8. The van der Waals surface area contributed by atoms with Gasteiger partial charge in [0.15, 0.2) is 0 Å². The molecule has 260 valence electrons. The lowest BCUT2D eigenvalue weighted by Crippen LogP contribution is -2.30. The third kappa shape index (κ3) is 7.88. The molecule has 0 amide bonds. The fraction of sp³-hybridized carbons (Fsp3) is 0.432. The summed E-state index contributed by atoms with van der Waals surface area (Å²) in [5.41, 5.74) is 6.20. The summed E-state index contributed by atoms with van der Waals surface area (Å²) in [6.07, 6.45) is 5.81. The van der Waals surface area contributed by atoms with E-state index in [4.69, 9.17) is 18.9 Å². The fourth-order valence-electron chi connectivity index (χ4n) is 7.24. The van der Waals surface area contributed by atoms with Gasteiger partial charge in [-0.3, -0.25) is 4.79 Å². The van der Waals surface area contributed by atoms with Gasteiger partial charge in [0.05, 0.1) is 23.0 Å². The minimum Gasteiger partial charge on any atom is -0.491 e. The summed E-state index contributed by atoms with van der Waals surface area (Å²) < 4.78 is 23.9. The molecule has 0 fully saturated rings. The molecule has 1 aliphatic carbocycles. The lowest BCUT2D eigenvalue weighted by atomic mass is 9.68. The zero-order chi connectivity index (χ0) is 34.9. The summed E-state index contributed by atoms with van der Waals surface area (Å²) in [7, 11) is 0. The summed E-state index contributed by atoms with van der Waals surface area (Å²) in [5, 5.41) is 0. The van der Waals surface area contributed by atoms with Crippen molar-refractivity contribution in [2.75, 3.05) is 26.4 Å². The second-order valence-corrected chi connectivity index (χ2v) is 14.1. The van der Waals surface area contributed by atoms with Crippen LogP contribution in [0.2, 0.25) is 0 Å². The van der Waals surface area contributed by atoms with Gasteiger partial charge in [-0.1, -0.05) is 113 Å². The number of benzene rings is 4. The molecule has 0 aromatic heterocycles. The molecular formula is C44H54O5. The Balaban J connectivity index is 1.36. The molecule has 4 aromatic carbocycles. The maximum atomic E-state index is 12.8. The van der Waals surface area contributed by atoms with Crippen molar-refractivity contribution < 1.29 is 23.7 Å². The lowest BCUT2D eigenvalue weighted by molar-refractivity contribution is -0.156. The zero-order valence-electron chi connectivity index (χ0n) is 30.3. The Morgan fingerprint density at radius 1 is 0.612 bits per heavy atom. The van der Waals surface area contributed by atoms with E-state index in [1.807, 2.05) is 19.1 Å². The molecule has 0 bridgehead atoms. The Morgan fingerprint density at radius 2 is 1.12 bits per heavy atom. The Bertz CT molecular complexity index is 1610.